The molecule has 0 aliphatic carbocycles. The lowest BCUT2D eigenvalue weighted by Crippen LogP contribution is -2.43. The van der Waals surface area contributed by atoms with Gasteiger partial charge in [0.1, 0.15) is 5.75 Å². The number of amides is 1. The second-order valence-electron chi connectivity index (χ2n) is 6.31. The normalized spacial score (nSPS) is 11.8. The van der Waals surface area contributed by atoms with Gasteiger partial charge in [-0.15, -0.1) is 0 Å². The molecule has 2 N–H and O–H groups in total. The van der Waals surface area contributed by atoms with Crippen molar-refractivity contribution in [2.75, 3.05) is 7.11 Å². The Hall–Kier alpha value is -3.44. The molecule has 3 aromatic carbocycles. The molecule has 0 radical (unpaired) electrons. The number of ether oxygens (including phenoxy) is 1. The van der Waals surface area contributed by atoms with Gasteiger partial charge in [0.05, 0.1) is 12.8 Å². The summed E-state index contributed by atoms with van der Waals surface area (Å²) < 4.78 is 5.22. The molecule has 0 fully saturated rings. The van der Waals surface area contributed by atoms with Crippen LogP contribution in [0.15, 0.2) is 90.0 Å². The van der Waals surface area contributed by atoms with E-state index in [-0.39, 0.29) is 0 Å². The lowest BCUT2D eigenvalue weighted by atomic mass is 9.85. The van der Waals surface area contributed by atoms with Crippen LogP contribution in [0.3, 0.4) is 0 Å². The van der Waals surface area contributed by atoms with Crippen LogP contribution >= 0.6 is 0 Å². The second-order valence-corrected chi connectivity index (χ2v) is 6.31. The number of aliphatic hydroxyl groups is 1. The fraction of sp³-hybridized carbons (Fsp3) is 0.130. The highest BCUT2D eigenvalue weighted by atomic mass is 16.5. The van der Waals surface area contributed by atoms with E-state index in [0.29, 0.717) is 22.6 Å². The number of nitrogens with zero attached hydrogens (tertiary/aromatic N) is 1. The minimum atomic E-state index is -1.86. The lowest BCUT2D eigenvalue weighted by molar-refractivity contribution is -0.136. The molecule has 3 aromatic rings. The third-order valence-corrected chi connectivity index (χ3v) is 4.52. The summed E-state index contributed by atoms with van der Waals surface area (Å²) in [5, 5.41) is 15.6. The number of methoxy groups -OCH3 is 1. The minimum absolute atomic E-state index is 0.466. The Morgan fingerprint density at radius 3 is 2.04 bits per heavy atom. The van der Waals surface area contributed by atoms with Crippen molar-refractivity contribution in [2.24, 2.45) is 5.10 Å². The largest absolute Gasteiger partial charge is 0.497 e. The van der Waals surface area contributed by atoms with E-state index in [9.17, 15) is 9.90 Å². The van der Waals surface area contributed by atoms with Gasteiger partial charge >= 0.3 is 0 Å². The third kappa shape index (κ3) is 3.94. The van der Waals surface area contributed by atoms with Gasteiger partial charge in [-0.05, 0) is 30.2 Å². The molecule has 0 aliphatic heterocycles. The van der Waals surface area contributed by atoms with E-state index in [1.54, 1.807) is 62.6 Å². The van der Waals surface area contributed by atoms with Gasteiger partial charge in [-0.25, -0.2) is 5.43 Å². The number of carbonyl (C=O) groups is 1. The lowest BCUT2D eigenvalue weighted by Gasteiger charge is -2.27. The average Bonchev–Trinajstić information content (AvgIpc) is 2.77. The highest BCUT2D eigenvalue weighted by Gasteiger charge is 2.39. The third-order valence-electron chi connectivity index (χ3n) is 4.52. The fourth-order valence-electron chi connectivity index (χ4n) is 2.92. The molecule has 1 amide bonds. The van der Waals surface area contributed by atoms with Crippen molar-refractivity contribution in [1.82, 2.24) is 5.43 Å². The first-order chi connectivity index (χ1) is 13.6. The second kappa shape index (κ2) is 8.50. The van der Waals surface area contributed by atoms with Gasteiger partial charge in [0.25, 0.3) is 5.91 Å². The highest BCUT2D eigenvalue weighted by molar-refractivity contribution is 6.00. The summed E-state index contributed by atoms with van der Waals surface area (Å²) in [5.41, 5.74) is 2.99. The Morgan fingerprint density at radius 2 is 1.50 bits per heavy atom. The van der Waals surface area contributed by atoms with Crippen molar-refractivity contribution in [3.05, 3.63) is 102 Å². The Morgan fingerprint density at radius 1 is 0.929 bits per heavy atom. The molecule has 5 heteroatoms. The predicted molar refractivity (Wildman–Crippen MR) is 109 cm³/mol. The summed E-state index contributed by atoms with van der Waals surface area (Å²) in [6.45, 7) is 1.78. The van der Waals surface area contributed by atoms with Gasteiger partial charge in [0.15, 0.2) is 5.60 Å². The standard InChI is InChI=1S/C23H22N2O3/c1-17(18-10-9-15-21(16-18)28-2)24-25-22(26)23(27,19-11-5-3-6-12-19)20-13-7-4-8-14-20/h3-16,27H,1-2H3,(H,25,26)/b24-17+. The topological polar surface area (TPSA) is 70.9 Å². The first kappa shape index (κ1) is 19.3. The van der Waals surface area contributed by atoms with Gasteiger partial charge < -0.3 is 9.84 Å². The first-order valence-corrected chi connectivity index (χ1v) is 8.88. The van der Waals surface area contributed by atoms with E-state index in [1.165, 1.54) is 0 Å². The minimum Gasteiger partial charge on any atom is -0.497 e. The molecule has 0 spiro atoms. The van der Waals surface area contributed by atoms with Crippen LogP contribution in [0.1, 0.15) is 23.6 Å². The maximum absolute atomic E-state index is 13.0. The summed E-state index contributed by atoms with van der Waals surface area (Å²) in [6.07, 6.45) is 0. The number of benzene rings is 3. The SMILES string of the molecule is COc1cccc(/C(C)=N/NC(=O)C(O)(c2ccccc2)c2ccccc2)c1. The van der Waals surface area contributed by atoms with Gasteiger partial charge in [-0.3, -0.25) is 4.79 Å². The molecule has 0 saturated heterocycles. The van der Waals surface area contributed by atoms with Gasteiger partial charge in [0.2, 0.25) is 0 Å². The van der Waals surface area contributed by atoms with Gasteiger partial charge in [-0.2, -0.15) is 5.10 Å². The highest BCUT2D eigenvalue weighted by Crippen LogP contribution is 2.29. The van der Waals surface area contributed by atoms with E-state index in [1.807, 2.05) is 36.4 Å². The summed E-state index contributed by atoms with van der Waals surface area (Å²) in [6, 6.07) is 25.0. The van der Waals surface area contributed by atoms with E-state index in [2.05, 4.69) is 10.5 Å². The molecular formula is C23H22N2O3. The smallest absolute Gasteiger partial charge is 0.281 e. The number of rotatable bonds is 6. The van der Waals surface area contributed by atoms with E-state index < -0.39 is 11.5 Å². The molecule has 0 unspecified atom stereocenters. The molecule has 0 heterocycles. The molecule has 5 nitrogen and oxygen atoms in total. The predicted octanol–water partition coefficient (Wildman–Crippen LogP) is 3.47. The van der Waals surface area contributed by atoms with Crippen molar-refractivity contribution in [1.29, 1.82) is 0 Å². The Kier molecular flexibility index (Phi) is 5.87. The Bertz CT molecular complexity index is 930. The van der Waals surface area contributed by atoms with Crippen molar-refractivity contribution >= 4 is 11.6 Å². The van der Waals surface area contributed by atoms with Crippen LogP contribution in [0.25, 0.3) is 0 Å². The molecule has 0 aromatic heterocycles. The molecule has 28 heavy (non-hydrogen) atoms. The van der Waals surface area contributed by atoms with Gasteiger partial charge in [0, 0.05) is 5.56 Å². The Balaban J connectivity index is 1.92. The number of hydrazone groups is 1. The van der Waals surface area contributed by atoms with Crippen molar-refractivity contribution in [3.63, 3.8) is 0 Å². The van der Waals surface area contributed by atoms with Crippen molar-refractivity contribution in [3.8, 4) is 5.75 Å². The molecule has 142 valence electrons. The monoisotopic (exact) mass is 374 g/mol. The molecule has 0 aliphatic rings. The summed E-state index contributed by atoms with van der Waals surface area (Å²) in [7, 11) is 1.59. The summed E-state index contributed by atoms with van der Waals surface area (Å²) >= 11 is 0. The molecular weight excluding hydrogens is 352 g/mol. The van der Waals surface area contributed by atoms with E-state index in [0.717, 1.165) is 5.56 Å². The zero-order chi connectivity index (χ0) is 20.0. The fourth-order valence-corrected chi connectivity index (χ4v) is 2.92. The van der Waals surface area contributed by atoms with Crippen LogP contribution in [0.4, 0.5) is 0 Å². The molecule has 0 atom stereocenters. The molecule has 3 rings (SSSR count). The zero-order valence-corrected chi connectivity index (χ0v) is 15.8. The van der Waals surface area contributed by atoms with Crippen molar-refractivity contribution < 1.29 is 14.6 Å². The van der Waals surface area contributed by atoms with Crippen LogP contribution in [0.2, 0.25) is 0 Å². The van der Waals surface area contributed by atoms with Crippen LogP contribution in [-0.2, 0) is 10.4 Å². The summed E-state index contributed by atoms with van der Waals surface area (Å²) in [4.78, 5) is 13.0. The van der Waals surface area contributed by atoms with Crippen LogP contribution < -0.4 is 10.2 Å². The van der Waals surface area contributed by atoms with Crippen LogP contribution in [0.5, 0.6) is 5.75 Å². The Labute approximate surface area is 164 Å². The van der Waals surface area contributed by atoms with Crippen LogP contribution in [0, 0.1) is 0 Å². The van der Waals surface area contributed by atoms with Crippen LogP contribution in [-0.4, -0.2) is 23.8 Å². The number of nitrogens with one attached hydrogen (secondary N) is 1. The number of carbonyl (C=O) groups excluding carboxylic acids is 1. The number of hydrogen-bond donors (Lipinski definition) is 2. The average molecular weight is 374 g/mol. The first-order valence-electron chi connectivity index (χ1n) is 8.88. The summed E-state index contributed by atoms with van der Waals surface area (Å²) in [5.74, 6) is 0.0654. The molecule has 0 saturated carbocycles. The van der Waals surface area contributed by atoms with E-state index >= 15 is 0 Å². The number of hydrogen-bond acceptors (Lipinski definition) is 4. The van der Waals surface area contributed by atoms with Crippen molar-refractivity contribution in [2.45, 2.75) is 12.5 Å². The van der Waals surface area contributed by atoms with Gasteiger partial charge in [-0.1, -0.05) is 72.8 Å². The maximum Gasteiger partial charge on any atom is 0.281 e. The van der Waals surface area contributed by atoms with E-state index in [4.69, 9.17) is 4.74 Å². The zero-order valence-electron chi connectivity index (χ0n) is 15.8. The molecule has 0 bridgehead atoms. The maximum atomic E-state index is 13.0. The quantitative estimate of drug-likeness (QED) is 0.513.